The maximum absolute atomic E-state index is 11.2. The van der Waals surface area contributed by atoms with Crippen molar-refractivity contribution in [2.24, 2.45) is 0 Å². The summed E-state index contributed by atoms with van der Waals surface area (Å²) >= 11 is 0. The van der Waals surface area contributed by atoms with Crippen molar-refractivity contribution >= 4 is 20.9 Å². The van der Waals surface area contributed by atoms with Gasteiger partial charge in [0.05, 0.1) is 4.90 Å². The number of benzene rings is 2. The van der Waals surface area contributed by atoms with Crippen LogP contribution in [0.1, 0.15) is 11.1 Å². The van der Waals surface area contributed by atoms with Gasteiger partial charge in [0.2, 0.25) is 0 Å². The fraction of sp³-hybridized carbons (Fsp3) is 0.167. The largest absolute Gasteiger partial charge is 1.00 e. The molecule has 0 spiro atoms. The summed E-state index contributed by atoms with van der Waals surface area (Å²) in [6.07, 6.45) is 0. The van der Waals surface area contributed by atoms with E-state index in [1.165, 1.54) is 0 Å². The second kappa shape index (κ2) is 5.48. The van der Waals surface area contributed by atoms with Crippen LogP contribution < -0.4 is 51.4 Å². The molecule has 0 radical (unpaired) electrons. The van der Waals surface area contributed by atoms with Crippen molar-refractivity contribution in [1.82, 2.24) is 0 Å². The van der Waals surface area contributed by atoms with Crippen molar-refractivity contribution in [3.8, 4) is 0 Å². The van der Waals surface area contributed by atoms with Gasteiger partial charge in [0, 0.05) is 0 Å². The van der Waals surface area contributed by atoms with E-state index in [0.29, 0.717) is 10.9 Å². The van der Waals surface area contributed by atoms with Crippen LogP contribution in [0.15, 0.2) is 35.2 Å². The van der Waals surface area contributed by atoms with Crippen LogP contribution in [0.3, 0.4) is 0 Å². The summed E-state index contributed by atoms with van der Waals surface area (Å²) in [6, 6.07) is 8.82. The molecule has 0 unspecified atom stereocenters. The molecule has 5 heteroatoms. The van der Waals surface area contributed by atoms with Crippen molar-refractivity contribution < 1.29 is 64.4 Å². The van der Waals surface area contributed by atoms with Gasteiger partial charge in [-0.15, -0.1) is 0 Å². The predicted octanol–water partition coefficient (Wildman–Crippen LogP) is -0.635. The van der Waals surface area contributed by atoms with Crippen LogP contribution in [0.2, 0.25) is 0 Å². The van der Waals surface area contributed by atoms with Gasteiger partial charge in [-0.3, -0.25) is 0 Å². The number of rotatable bonds is 1. The Kier molecular flexibility index (Phi) is 4.94. The summed E-state index contributed by atoms with van der Waals surface area (Å²) in [5, 5.41) is 1.32. The molecule has 0 N–H and O–H groups in total. The third-order valence-electron chi connectivity index (χ3n) is 2.68. The Hall–Kier alpha value is 0.246. The summed E-state index contributed by atoms with van der Waals surface area (Å²) in [5.74, 6) is 0. The Bertz CT molecular complexity index is 663. The average molecular weight is 274 g/mol. The number of hydrogen-bond acceptors (Lipinski definition) is 3. The maximum atomic E-state index is 11.2. The van der Waals surface area contributed by atoms with Gasteiger partial charge in [0.25, 0.3) is 0 Å². The smallest absolute Gasteiger partial charge is 0.744 e. The molecule has 0 saturated carbocycles. The summed E-state index contributed by atoms with van der Waals surface area (Å²) in [5.41, 5.74) is 1.45. The number of fused-ring (bicyclic) bond motifs is 1. The fourth-order valence-corrected chi connectivity index (χ4v) is 2.84. The molecule has 3 nitrogen and oxygen atoms in total. The second-order valence-corrected chi connectivity index (χ2v) is 5.15. The first-order valence-corrected chi connectivity index (χ1v) is 6.27. The van der Waals surface area contributed by atoms with Gasteiger partial charge in [-0.05, 0) is 35.7 Å². The quantitative estimate of drug-likeness (QED) is 0.514. The molecule has 0 fully saturated rings. The van der Waals surface area contributed by atoms with Gasteiger partial charge in [0.1, 0.15) is 10.1 Å². The Morgan fingerprint density at radius 1 is 0.941 bits per heavy atom. The van der Waals surface area contributed by atoms with E-state index in [1.807, 2.05) is 19.1 Å². The zero-order valence-electron chi connectivity index (χ0n) is 10.0. The van der Waals surface area contributed by atoms with Crippen LogP contribution in [0.25, 0.3) is 10.8 Å². The van der Waals surface area contributed by atoms with E-state index in [0.717, 1.165) is 10.9 Å². The van der Waals surface area contributed by atoms with Gasteiger partial charge in [-0.1, -0.05) is 30.3 Å². The molecule has 0 amide bonds. The Morgan fingerprint density at radius 2 is 1.59 bits per heavy atom. The molecule has 0 bridgehead atoms. The van der Waals surface area contributed by atoms with Crippen molar-refractivity contribution in [1.29, 1.82) is 0 Å². The Balaban J connectivity index is 0.00000144. The third-order valence-corrected chi connectivity index (χ3v) is 3.72. The van der Waals surface area contributed by atoms with Gasteiger partial charge in [-0.25, -0.2) is 8.42 Å². The molecule has 0 aliphatic carbocycles. The first-order valence-electron chi connectivity index (χ1n) is 4.86. The average Bonchev–Trinajstić information content (AvgIpc) is 2.15. The minimum atomic E-state index is -4.43. The molecule has 0 heterocycles. The van der Waals surface area contributed by atoms with Gasteiger partial charge < -0.3 is 4.55 Å². The first kappa shape index (κ1) is 15.3. The van der Waals surface area contributed by atoms with E-state index in [1.54, 1.807) is 25.1 Å². The summed E-state index contributed by atoms with van der Waals surface area (Å²) < 4.78 is 33.7. The van der Waals surface area contributed by atoms with E-state index in [-0.39, 0.29) is 56.3 Å². The summed E-state index contributed by atoms with van der Waals surface area (Å²) in [6.45, 7) is 3.52. The summed E-state index contributed by atoms with van der Waals surface area (Å²) in [7, 11) is -4.43. The molecule has 2 rings (SSSR count). The molecule has 2 aromatic rings. The topological polar surface area (TPSA) is 57.2 Å². The van der Waals surface area contributed by atoms with Gasteiger partial charge in [0.15, 0.2) is 0 Å². The van der Waals surface area contributed by atoms with E-state index < -0.39 is 10.1 Å². The Morgan fingerprint density at radius 3 is 2.18 bits per heavy atom. The molecule has 0 aromatic heterocycles. The zero-order valence-corrected chi connectivity index (χ0v) is 14.0. The predicted molar refractivity (Wildman–Crippen MR) is 61.4 cm³/mol. The maximum Gasteiger partial charge on any atom is 1.00 e. The molecule has 2 aromatic carbocycles. The monoisotopic (exact) mass is 274 g/mol. The minimum Gasteiger partial charge on any atom is -0.744 e. The second-order valence-electron chi connectivity index (χ2n) is 3.84. The molecule has 17 heavy (non-hydrogen) atoms. The molecule has 0 aliphatic heterocycles. The Labute approximate surface area is 143 Å². The first-order chi connectivity index (χ1) is 7.41. The van der Waals surface area contributed by atoms with Crippen LogP contribution in [-0.2, 0) is 10.1 Å². The number of aryl methyl sites for hydroxylation is 2. The van der Waals surface area contributed by atoms with Crippen molar-refractivity contribution in [3.63, 3.8) is 0 Å². The van der Waals surface area contributed by atoms with Gasteiger partial charge >= 0.3 is 51.4 Å². The molecular weight excluding hydrogens is 263 g/mol. The standard InChI is InChI=1S/C12H12O3S.K/c1-8-4-3-5-11-10(8)7-6-9(2)12(11)16(13,14)15;/h3-7H,1-2H3,(H,13,14,15);/q;+1/p-1. The normalized spacial score (nSPS) is 11.2. The van der Waals surface area contributed by atoms with Crippen molar-refractivity contribution in [2.75, 3.05) is 0 Å². The minimum absolute atomic E-state index is 0. The molecule has 0 saturated heterocycles. The summed E-state index contributed by atoms with van der Waals surface area (Å²) in [4.78, 5) is -0.103. The molecule has 84 valence electrons. The van der Waals surface area contributed by atoms with Crippen molar-refractivity contribution in [2.45, 2.75) is 18.7 Å². The number of hydrogen-bond donors (Lipinski definition) is 0. The van der Waals surface area contributed by atoms with Crippen LogP contribution in [0, 0.1) is 13.8 Å². The SMILES string of the molecule is Cc1ccc2c(C)cccc2c1S(=O)(=O)[O-].[K+]. The fourth-order valence-electron chi connectivity index (χ4n) is 1.93. The van der Waals surface area contributed by atoms with Crippen LogP contribution in [0.4, 0.5) is 0 Å². The molecule has 0 atom stereocenters. The third kappa shape index (κ3) is 2.98. The van der Waals surface area contributed by atoms with Crippen molar-refractivity contribution in [3.05, 3.63) is 41.5 Å². The van der Waals surface area contributed by atoms with E-state index in [2.05, 4.69) is 0 Å². The van der Waals surface area contributed by atoms with Crippen LogP contribution >= 0.6 is 0 Å². The van der Waals surface area contributed by atoms with E-state index in [9.17, 15) is 13.0 Å². The van der Waals surface area contributed by atoms with Crippen LogP contribution in [-0.4, -0.2) is 13.0 Å². The van der Waals surface area contributed by atoms with E-state index >= 15 is 0 Å². The van der Waals surface area contributed by atoms with Crippen LogP contribution in [0.5, 0.6) is 0 Å². The molecule has 0 aliphatic rings. The van der Waals surface area contributed by atoms with Gasteiger partial charge in [-0.2, -0.15) is 0 Å². The van der Waals surface area contributed by atoms with E-state index in [4.69, 9.17) is 0 Å². The molecular formula is C12H11KO3S. The zero-order chi connectivity index (χ0) is 11.9.